The molecule has 1 atom stereocenters. The van der Waals surface area contributed by atoms with Crippen LogP contribution in [0.4, 0.5) is 10.5 Å². The fourth-order valence-electron chi connectivity index (χ4n) is 3.24. The number of hydrogen-bond donors (Lipinski definition) is 3. The molecule has 1 heterocycles. The summed E-state index contributed by atoms with van der Waals surface area (Å²) in [5.74, 6) is 0.652. The minimum Gasteiger partial charge on any atom is -0.353 e. The Morgan fingerprint density at radius 3 is 2.45 bits per heavy atom. The van der Waals surface area contributed by atoms with E-state index in [0.29, 0.717) is 18.8 Å². The molecule has 29 heavy (non-hydrogen) atoms. The number of aromatic nitrogens is 2. The van der Waals surface area contributed by atoms with Gasteiger partial charge in [0.2, 0.25) is 5.91 Å². The maximum absolute atomic E-state index is 12.7. The van der Waals surface area contributed by atoms with Crippen LogP contribution in [-0.4, -0.2) is 34.1 Å². The summed E-state index contributed by atoms with van der Waals surface area (Å²) in [6, 6.07) is 16.0. The van der Waals surface area contributed by atoms with E-state index in [1.54, 1.807) is 12.1 Å². The number of anilines is 1. The molecule has 0 saturated carbocycles. The number of aryl methyl sites for hydroxylation is 1. The normalized spacial score (nSPS) is 12.0. The van der Waals surface area contributed by atoms with Gasteiger partial charge in [-0.2, -0.15) is 0 Å². The van der Waals surface area contributed by atoms with E-state index in [0.717, 1.165) is 16.9 Å². The van der Waals surface area contributed by atoms with Crippen LogP contribution in [-0.2, 0) is 11.3 Å². The summed E-state index contributed by atoms with van der Waals surface area (Å²) in [5.41, 5.74) is 2.66. The second-order valence-electron chi connectivity index (χ2n) is 7.28. The minimum absolute atomic E-state index is 0.0488. The highest BCUT2D eigenvalue weighted by Gasteiger charge is 2.24. The molecule has 0 saturated heterocycles. The summed E-state index contributed by atoms with van der Waals surface area (Å²) in [7, 11) is 0. The van der Waals surface area contributed by atoms with Crippen molar-refractivity contribution in [3.8, 4) is 0 Å². The van der Waals surface area contributed by atoms with Crippen molar-refractivity contribution in [2.45, 2.75) is 33.4 Å². The molecule has 3 N–H and O–H groups in total. The van der Waals surface area contributed by atoms with Crippen LogP contribution in [0.5, 0.6) is 0 Å². The van der Waals surface area contributed by atoms with Gasteiger partial charge in [-0.25, -0.2) is 9.78 Å². The van der Waals surface area contributed by atoms with E-state index in [1.165, 1.54) is 0 Å². The van der Waals surface area contributed by atoms with E-state index in [-0.39, 0.29) is 11.8 Å². The van der Waals surface area contributed by atoms with Gasteiger partial charge in [0.15, 0.2) is 0 Å². The zero-order chi connectivity index (χ0) is 20.8. The summed E-state index contributed by atoms with van der Waals surface area (Å²) in [6.45, 7) is 6.82. The number of carbonyl (C=O) groups excluding carboxylic acids is 2. The highest BCUT2D eigenvalue weighted by atomic mass is 16.2. The van der Waals surface area contributed by atoms with Crippen LogP contribution in [0.25, 0.3) is 11.0 Å². The van der Waals surface area contributed by atoms with Gasteiger partial charge in [-0.15, -0.1) is 0 Å². The number of urea groups is 1. The SMILES string of the molecule is Cc1nc2ccccc2n1CCNC(=O)C(NC(=O)Nc1ccccc1)C(C)C. The molecule has 0 aliphatic carbocycles. The van der Waals surface area contributed by atoms with E-state index < -0.39 is 12.1 Å². The molecule has 3 amide bonds. The van der Waals surface area contributed by atoms with Gasteiger partial charge >= 0.3 is 6.03 Å². The van der Waals surface area contributed by atoms with E-state index in [4.69, 9.17) is 0 Å². The van der Waals surface area contributed by atoms with E-state index in [9.17, 15) is 9.59 Å². The quantitative estimate of drug-likeness (QED) is 0.575. The number of amides is 3. The van der Waals surface area contributed by atoms with Crippen LogP contribution in [0.3, 0.4) is 0 Å². The van der Waals surface area contributed by atoms with Gasteiger partial charge in [0.1, 0.15) is 11.9 Å². The largest absolute Gasteiger partial charge is 0.353 e. The summed E-state index contributed by atoms with van der Waals surface area (Å²) >= 11 is 0. The molecule has 2 aromatic carbocycles. The molecule has 7 nitrogen and oxygen atoms in total. The molecule has 0 radical (unpaired) electrons. The van der Waals surface area contributed by atoms with Gasteiger partial charge in [-0.1, -0.05) is 44.2 Å². The molecule has 0 fully saturated rings. The number of benzene rings is 2. The fourth-order valence-corrected chi connectivity index (χ4v) is 3.24. The zero-order valence-corrected chi connectivity index (χ0v) is 17.0. The van der Waals surface area contributed by atoms with Gasteiger partial charge in [0.25, 0.3) is 0 Å². The minimum atomic E-state index is -0.626. The summed E-state index contributed by atoms with van der Waals surface area (Å²) in [4.78, 5) is 29.5. The van der Waals surface area contributed by atoms with Crippen LogP contribution in [0, 0.1) is 12.8 Å². The molecular formula is C22H27N5O2. The Morgan fingerprint density at radius 2 is 1.72 bits per heavy atom. The third-order valence-corrected chi connectivity index (χ3v) is 4.75. The van der Waals surface area contributed by atoms with Crippen molar-refractivity contribution in [3.63, 3.8) is 0 Å². The monoisotopic (exact) mass is 393 g/mol. The van der Waals surface area contributed by atoms with Gasteiger partial charge in [0.05, 0.1) is 11.0 Å². The van der Waals surface area contributed by atoms with Crippen LogP contribution < -0.4 is 16.0 Å². The smallest absolute Gasteiger partial charge is 0.319 e. The first-order valence-corrected chi connectivity index (χ1v) is 9.78. The second kappa shape index (κ2) is 9.23. The van der Waals surface area contributed by atoms with Crippen molar-refractivity contribution in [1.82, 2.24) is 20.2 Å². The van der Waals surface area contributed by atoms with Crippen molar-refractivity contribution < 1.29 is 9.59 Å². The van der Waals surface area contributed by atoms with Crippen molar-refractivity contribution >= 4 is 28.7 Å². The first-order chi connectivity index (χ1) is 14.0. The number of para-hydroxylation sites is 3. The fraction of sp³-hybridized carbons (Fsp3) is 0.318. The molecule has 152 valence electrons. The summed E-state index contributed by atoms with van der Waals surface area (Å²) in [5, 5.41) is 8.45. The lowest BCUT2D eigenvalue weighted by Crippen LogP contribution is -2.51. The number of hydrogen-bond acceptors (Lipinski definition) is 3. The predicted octanol–water partition coefficient (Wildman–Crippen LogP) is 3.31. The topological polar surface area (TPSA) is 88.1 Å². The number of nitrogens with one attached hydrogen (secondary N) is 3. The molecule has 3 rings (SSSR count). The van der Waals surface area contributed by atoms with Crippen molar-refractivity contribution in [2.24, 2.45) is 5.92 Å². The van der Waals surface area contributed by atoms with E-state index in [1.807, 2.05) is 63.2 Å². The van der Waals surface area contributed by atoms with Gasteiger partial charge in [0, 0.05) is 18.8 Å². The summed E-state index contributed by atoms with van der Waals surface area (Å²) in [6.07, 6.45) is 0. The molecule has 0 aliphatic rings. The highest BCUT2D eigenvalue weighted by Crippen LogP contribution is 2.15. The van der Waals surface area contributed by atoms with E-state index in [2.05, 4.69) is 25.5 Å². The molecule has 1 unspecified atom stereocenters. The lowest BCUT2D eigenvalue weighted by molar-refractivity contribution is -0.123. The Morgan fingerprint density at radius 1 is 1.03 bits per heavy atom. The molecule has 0 spiro atoms. The van der Waals surface area contributed by atoms with Gasteiger partial charge in [-0.05, 0) is 37.1 Å². The number of rotatable bonds is 7. The maximum atomic E-state index is 12.7. The number of imidazole rings is 1. The molecule has 3 aromatic rings. The molecule has 1 aromatic heterocycles. The number of nitrogens with zero attached hydrogens (tertiary/aromatic N) is 2. The summed E-state index contributed by atoms with van der Waals surface area (Å²) < 4.78 is 2.08. The first-order valence-electron chi connectivity index (χ1n) is 9.78. The van der Waals surface area contributed by atoms with Gasteiger partial charge in [-0.3, -0.25) is 4.79 Å². The van der Waals surface area contributed by atoms with Gasteiger partial charge < -0.3 is 20.5 Å². The van der Waals surface area contributed by atoms with Crippen molar-refractivity contribution in [1.29, 1.82) is 0 Å². The van der Waals surface area contributed by atoms with Crippen LogP contribution in [0.1, 0.15) is 19.7 Å². The Hall–Kier alpha value is -3.35. The Kier molecular flexibility index (Phi) is 6.49. The third kappa shape index (κ3) is 5.13. The lowest BCUT2D eigenvalue weighted by atomic mass is 10.0. The standard InChI is InChI=1S/C22H27N5O2/c1-15(2)20(26-22(29)25-17-9-5-4-6-10-17)21(28)23-13-14-27-16(3)24-18-11-7-8-12-19(18)27/h4-12,15,20H,13-14H2,1-3H3,(H,23,28)(H2,25,26,29). The molecular weight excluding hydrogens is 366 g/mol. The Labute approximate surface area is 170 Å². The Balaban J connectivity index is 1.56. The first kappa shape index (κ1) is 20.4. The second-order valence-corrected chi connectivity index (χ2v) is 7.28. The zero-order valence-electron chi connectivity index (χ0n) is 17.0. The molecule has 0 bridgehead atoms. The third-order valence-electron chi connectivity index (χ3n) is 4.75. The number of carbonyl (C=O) groups is 2. The highest BCUT2D eigenvalue weighted by molar-refractivity contribution is 5.93. The average molecular weight is 393 g/mol. The average Bonchev–Trinajstić information content (AvgIpc) is 3.02. The molecule has 7 heteroatoms. The van der Waals surface area contributed by atoms with Crippen LogP contribution >= 0.6 is 0 Å². The lowest BCUT2D eigenvalue weighted by Gasteiger charge is -2.22. The van der Waals surface area contributed by atoms with Crippen LogP contribution in [0.2, 0.25) is 0 Å². The van der Waals surface area contributed by atoms with E-state index >= 15 is 0 Å². The predicted molar refractivity (Wildman–Crippen MR) is 115 cm³/mol. The molecule has 0 aliphatic heterocycles. The maximum Gasteiger partial charge on any atom is 0.319 e. The van der Waals surface area contributed by atoms with Crippen LogP contribution in [0.15, 0.2) is 54.6 Å². The Bertz CT molecular complexity index is 981. The van der Waals surface area contributed by atoms with Crippen molar-refractivity contribution in [2.75, 3.05) is 11.9 Å². The van der Waals surface area contributed by atoms with Crippen molar-refractivity contribution in [3.05, 3.63) is 60.4 Å². The number of fused-ring (bicyclic) bond motifs is 1.